The SMILES string of the molecule is CO[C@H]1CN(CCC(=O)O)C[C@H]1OC. The number of nitrogens with zero attached hydrogens (tertiary/aromatic N) is 1. The monoisotopic (exact) mass is 203 g/mol. The predicted molar refractivity (Wildman–Crippen MR) is 50.3 cm³/mol. The summed E-state index contributed by atoms with van der Waals surface area (Å²) in [4.78, 5) is 12.4. The van der Waals surface area contributed by atoms with Crippen molar-refractivity contribution in [1.82, 2.24) is 4.90 Å². The van der Waals surface area contributed by atoms with Crippen LogP contribution in [0.3, 0.4) is 0 Å². The zero-order chi connectivity index (χ0) is 10.6. The number of methoxy groups -OCH3 is 2. The molecular formula is C9H17NO4. The van der Waals surface area contributed by atoms with Gasteiger partial charge in [0.15, 0.2) is 0 Å². The lowest BCUT2D eigenvalue weighted by Crippen LogP contribution is -2.27. The van der Waals surface area contributed by atoms with Gasteiger partial charge in [0.2, 0.25) is 0 Å². The minimum atomic E-state index is -0.764. The zero-order valence-corrected chi connectivity index (χ0v) is 8.60. The third kappa shape index (κ3) is 2.94. The zero-order valence-electron chi connectivity index (χ0n) is 8.60. The lowest BCUT2D eigenvalue weighted by atomic mass is 10.3. The Morgan fingerprint density at radius 3 is 2.21 bits per heavy atom. The first-order chi connectivity index (χ1) is 6.67. The maximum absolute atomic E-state index is 10.4. The lowest BCUT2D eigenvalue weighted by molar-refractivity contribution is -0.137. The molecule has 1 rings (SSSR count). The van der Waals surface area contributed by atoms with Crippen LogP contribution in [0.1, 0.15) is 6.42 Å². The van der Waals surface area contributed by atoms with Crippen molar-refractivity contribution in [2.75, 3.05) is 33.9 Å². The second kappa shape index (κ2) is 5.29. The van der Waals surface area contributed by atoms with E-state index in [0.717, 1.165) is 13.1 Å². The van der Waals surface area contributed by atoms with Crippen molar-refractivity contribution in [3.8, 4) is 0 Å². The summed E-state index contributed by atoms with van der Waals surface area (Å²) in [6, 6.07) is 0. The van der Waals surface area contributed by atoms with E-state index in [-0.39, 0.29) is 18.6 Å². The number of carboxylic acid groups (broad SMARTS) is 1. The molecule has 0 unspecified atom stereocenters. The van der Waals surface area contributed by atoms with Gasteiger partial charge >= 0.3 is 5.97 Å². The third-order valence-electron chi connectivity index (χ3n) is 2.54. The summed E-state index contributed by atoms with van der Waals surface area (Å²) in [5.74, 6) is -0.764. The second-order valence-corrected chi connectivity index (χ2v) is 3.45. The van der Waals surface area contributed by atoms with Crippen LogP contribution in [0.4, 0.5) is 0 Å². The van der Waals surface area contributed by atoms with E-state index >= 15 is 0 Å². The highest BCUT2D eigenvalue weighted by atomic mass is 16.5. The Morgan fingerprint density at radius 2 is 1.86 bits per heavy atom. The summed E-state index contributed by atoms with van der Waals surface area (Å²) in [7, 11) is 3.30. The van der Waals surface area contributed by atoms with E-state index < -0.39 is 5.97 Å². The summed E-state index contributed by atoms with van der Waals surface area (Å²) in [5.41, 5.74) is 0. The molecule has 0 aliphatic carbocycles. The molecule has 5 nitrogen and oxygen atoms in total. The van der Waals surface area contributed by atoms with Crippen LogP contribution >= 0.6 is 0 Å². The number of carboxylic acids is 1. The van der Waals surface area contributed by atoms with Gasteiger partial charge in [-0.2, -0.15) is 0 Å². The van der Waals surface area contributed by atoms with Crippen LogP contribution in [0.15, 0.2) is 0 Å². The summed E-state index contributed by atoms with van der Waals surface area (Å²) >= 11 is 0. The average Bonchev–Trinajstić information content (AvgIpc) is 2.57. The molecule has 0 radical (unpaired) electrons. The number of rotatable bonds is 5. The van der Waals surface area contributed by atoms with E-state index in [2.05, 4.69) is 4.90 Å². The largest absolute Gasteiger partial charge is 0.481 e. The first-order valence-electron chi connectivity index (χ1n) is 4.67. The average molecular weight is 203 g/mol. The molecule has 0 amide bonds. The fourth-order valence-electron chi connectivity index (χ4n) is 1.71. The Balaban J connectivity index is 2.33. The molecule has 14 heavy (non-hydrogen) atoms. The molecular weight excluding hydrogens is 186 g/mol. The van der Waals surface area contributed by atoms with Gasteiger partial charge in [0.05, 0.1) is 18.6 Å². The first-order valence-corrected chi connectivity index (χ1v) is 4.67. The number of hydrogen-bond acceptors (Lipinski definition) is 4. The molecule has 0 bridgehead atoms. The van der Waals surface area contributed by atoms with E-state index in [1.165, 1.54) is 0 Å². The van der Waals surface area contributed by atoms with Crippen LogP contribution in [0.5, 0.6) is 0 Å². The van der Waals surface area contributed by atoms with Crippen molar-refractivity contribution in [1.29, 1.82) is 0 Å². The number of hydrogen-bond donors (Lipinski definition) is 1. The third-order valence-corrected chi connectivity index (χ3v) is 2.54. The fraction of sp³-hybridized carbons (Fsp3) is 0.889. The van der Waals surface area contributed by atoms with Crippen LogP contribution < -0.4 is 0 Å². The van der Waals surface area contributed by atoms with E-state index in [1.54, 1.807) is 14.2 Å². The lowest BCUT2D eigenvalue weighted by Gasteiger charge is -2.13. The normalized spacial score (nSPS) is 28.1. The Labute approximate surface area is 83.6 Å². The smallest absolute Gasteiger partial charge is 0.304 e. The molecule has 1 aliphatic rings. The standard InChI is InChI=1S/C9H17NO4/c1-13-7-5-10(4-3-9(11)12)6-8(7)14-2/h7-8H,3-6H2,1-2H3,(H,11,12)/t7-,8+. The van der Waals surface area contributed by atoms with Crippen LogP contribution in [0, 0.1) is 0 Å². The molecule has 1 fully saturated rings. The molecule has 82 valence electrons. The van der Waals surface area contributed by atoms with Crippen LogP contribution in [0.2, 0.25) is 0 Å². The minimum Gasteiger partial charge on any atom is -0.481 e. The first kappa shape index (κ1) is 11.4. The molecule has 1 saturated heterocycles. The molecule has 0 saturated carbocycles. The minimum absolute atomic E-state index is 0.0637. The van der Waals surface area contributed by atoms with E-state index in [0.29, 0.717) is 6.54 Å². The number of ether oxygens (including phenoxy) is 2. The van der Waals surface area contributed by atoms with Gasteiger partial charge in [-0.15, -0.1) is 0 Å². The van der Waals surface area contributed by atoms with Crippen LogP contribution in [0.25, 0.3) is 0 Å². The van der Waals surface area contributed by atoms with Crippen molar-refractivity contribution >= 4 is 5.97 Å². The van der Waals surface area contributed by atoms with Crippen molar-refractivity contribution in [3.05, 3.63) is 0 Å². The molecule has 1 heterocycles. The summed E-state index contributed by atoms with van der Waals surface area (Å²) in [6.45, 7) is 2.07. The highest BCUT2D eigenvalue weighted by Crippen LogP contribution is 2.15. The van der Waals surface area contributed by atoms with Gasteiger partial charge in [-0.1, -0.05) is 0 Å². The number of carbonyl (C=O) groups is 1. The van der Waals surface area contributed by atoms with E-state index in [1.807, 2.05) is 0 Å². The second-order valence-electron chi connectivity index (χ2n) is 3.45. The number of aliphatic carboxylic acids is 1. The van der Waals surface area contributed by atoms with Gasteiger partial charge < -0.3 is 14.6 Å². The molecule has 0 spiro atoms. The highest BCUT2D eigenvalue weighted by molar-refractivity contribution is 5.66. The van der Waals surface area contributed by atoms with Crippen LogP contribution in [-0.4, -0.2) is 62.0 Å². The molecule has 2 atom stereocenters. The predicted octanol–water partition coefficient (Wildman–Crippen LogP) is -0.193. The van der Waals surface area contributed by atoms with Gasteiger partial charge in [-0.05, 0) is 0 Å². The van der Waals surface area contributed by atoms with E-state index in [4.69, 9.17) is 14.6 Å². The van der Waals surface area contributed by atoms with Gasteiger partial charge in [-0.3, -0.25) is 9.69 Å². The molecule has 0 aromatic carbocycles. The topological polar surface area (TPSA) is 59.0 Å². The van der Waals surface area contributed by atoms with Crippen molar-refractivity contribution < 1.29 is 19.4 Å². The Bertz CT molecular complexity index is 185. The van der Waals surface area contributed by atoms with Crippen LogP contribution in [-0.2, 0) is 14.3 Å². The molecule has 0 aromatic rings. The summed E-state index contributed by atoms with van der Waals surface area (Å²) in [5, 5.41) is 8.53. The summed E-state index contributed by atoms with van der Waals surface area (Å²) in [6.07, 6.45) is 0.301. The Hall–Kier alpha value is -0.650. The maximum Gasteiger partial charge on any atom is 0.304 e. The summed E-state index contributed by atoms with van der Waals surface area (Å²) < 4.78 is 10.5. The molecule has 1 N–H and O–H groups in total. The van der Waals surface area contributed by atoms with Crippen molar-refractivity contribution in [2.24, 2.45) is 0 Å². The Morgan fingerprint density at radius 1 is 1.36 bits per heavy atom. The quantitative estimate of drug-likeness (QED) is 0.671. The number of likely N-dealkylation sites (tertiary alicyclic amines) is 1. The highest BCUT2D eigenvalue weighted by Gasteiger charge is 2.32. The molecule has 1 aliphatic heterocycles. The van der Waals surface area contributed by atoms with Gasteiger partial charge in [0.25, 0.3) is 0 Å². The molecule has 0 aromatic heterocycles. The molecule has 5 heteroatoms. The van der Waals surface area contributed by atoms with Gasteiger partial charge in [0.1, 0.15) is 0 Å². The fourth-order valence-corrected chi connectivity index (χ4v) is 1.71. The van der Waals surface area contributed by atoms with Gasteiger partial charge in [0, 0.05) is 33.9 Å². The van der Waals surface area contributed by atoms with Crippen molar-refractivity contribution in [3.63, 3.8) is 0 Å². The van der Waals surface area contributed by atoms with E-state index in [9.17, 15) is 4.79 Å². The van der Waals surface area contributed by atoms with Gasteiger partial charge in [-0.25, -0.2) is 0 Å². The Kier molecular flexibility index (Phi) is 4.31. The van der Waals surface area contributed by atoms with Crippen molar-refractivity contribution in [2.45, 2.75) is 18.6 Å². The maximum atomic E-state index is 10.4.